The van der Waals surface area contributed by atoms with Crippen LogP contribution in [0.4, 0.5) is 14.5 Å². The first-order valence-electron chi connectivity index (χ1n) is 9.57. The van der Waals surface area contributed by atoms with Crippen LogP contribution in [0.25, 0.3) is 0 Å². The van der Waals surface area contributed by atoms with E-state index in [-0.39, 0.29) is 51.4 Å². The predicted molar refractivity (Wildman–Crippen MR) is 113 cm³/mol. The summed E-state index contributed by atoms with van der Waals surface area (Å²) in [5, 5.41) is 5.86. The highest BCUT2D eigenvalue weighted by Gasteiger charge is 2.25. The number of cyclic esters (lactones) is 1. The Morgan fingerprint density at radius 2 is 2.00 bits per heavy atom. The van der Waals surface area contributed by atoms with E-state index in [0.717, 1.165) is 0 Å². The molecule has 0 saturated carbocycles. The summed E-state index contributed by atoms with van der Waals surface area (Å²) in [5.74, 6) is -1.14. The molecule has 0 aliphatic carbocycles. The van der Waals surface area contributed by atoms with Gasteiger partial charge in [-0.3, -0.25) is 14.6 Å². The van der Waals surface area contributed by atoms with Crippen LogP contribution in [0.3, 0.4) is 0 Å². The van der Waals surface area contributed by atoms with Gasteiger partial charge in [-0.1, -0.05) is 23.2 Å². The third kappa shape index (κ3) is 6.41. The van der Waals surface area contributed by atoms with E-state index in [2.05, 4.69) is 20.4 Å². The predicted octanol–water partition coefficient (Wildman–Crippen LogP) is 3.92. The molecule has 1 amide bonds. The number of carbonyl (C=O) groups is 2. The molecule has 1 aliphatic rings. The van der Waals surface area contributed by atoms with Crippen molar-refractivity contribution < 1.29 is 32.6 Å². The number of ether oxygens (including phenoxy) is 3. The van der Waals surface area contributed by atoms with Crippen molar-refractivity contribution in [3.05, 3.63) is 46.2 Å². The number of halogens is 4. The number of rotatable bonds is 10. The van der Waals surface area contributed by atoms with Crippen LogP contribution >= 0.6 is 23.2 Å². The maximum Gasteiger partial charge on any atom is 0.387 e. The zero-order valence-corrected chi connectivity index (χ0v) is 18.1. The number of hydrogen-bond donors (Lipinski definition) is 2. The first-order valence-corrected chi connectivity index (χ1v) is 10.3. The van der Waals surface area contributed by atoms with Crippen molar-refractivity contribution in [2.45, 2.75) is 25.5 Å². The normalized spacial score (nSPS) is 15.5. The van der Waals surface area contributed by atoms with Crippen molar-refractivity contribution in [3.8, 4) is 11.5 Å². The lowest BCUT2D eigenvalue weighted by Crippen LogP contribution is -2.34. The highest BCUT2D eigenvalue weighted by molar-refractivity contribution is 6.39. The smallest absolute Gasteiger partial charge is 0.387 e. The van der Waals surface area contributed by atoms with E-state index >= 15 is 0 Å². The van der Waals surface area contributed by atoms with Crippen LogP contribution in [-0.2, 0) is 9.53 Å². The van der Waals surface area contributed by atoms with E-state index in [9.17, 15) is 18.4 Å². The Morgan fingerprint density at radius 3 is 2.66 bits per heavy atom. The van der Waals surface area contributed by atoms with Gasteiger partial charge in [-0.25, -0.2) is 0 Å². The molecule has 2 aromatic rings. The molecule has 0 radical (unpaired) electrons. The molecule has 1 aromatic heterocycles. The molecule has 172 valence electrons. The van der Waals surface area contributed by atoms with Crippen molar-refractivity contribution in [2.24, 2.45) is 0 Å². The summed E-state index contributed by atoms with van der Waals surface area (Å²) in [6.07, 6.45) is 3.69. The lowest BCUT2D eigenvalue weighted by atomic mass is 10.2. The third-order valence-electron chi connectivity index (χ3n) is 4.42. The zero-order valence-electron chi connectivity index (χ0n) is 16.6. The molecule has 8 nitrogen and oxygen atoms in total. The van der Waals surface area contributed by atoms with Crippen LogP contribution in [0, 0.1) is 0 Å². The van der Waals surface area contributed by atoms with E-state index in [0.29, 0.717) is 26.0 Å². The zero-order chi connectivity index (χ0) is 23.1. The fourth-order valence-corrected chi connectivity index (χ4v) is 3.34. The molecule has 12 heteroatoms. The summed E-state index contributed by atoms with van der Waals surface area (Å²) in [6, 6.07) is 3.43. The number of aromatic nitrogens is 1. The molecule has 0 bridgehead atoms. The number of hydrogen-bond acceptors (Lipinski definition) is 7. The van der Waals surface area contributed by atoms with Gasteiger partial charge in [-0.2, -0.15) is 8.78 Å². The number of carbonyl (C=O) groups excluding carboxylic acids is 2. The third-order valence-corrected chi connectivity index (χ3v) is 4.99. The highest BCUT2D eigenvalue weighted by atomic mass is 35.5. The molecule has 1 fully saturated rings. The van der Waals surface area contributed by atoms with Crippen LogP contribution < -0.4 is 20.1 Å². The van der Waals surface area contributed by atoms with E-state index in [1.807, 2.05) is 0 Å². The van der Waals surface area contributed by atoms with Crippen LogP contribution in [0.2, 0.25) is 10.0 Å². The standard InChI is InChI=1S/C20H19Cl2F2N3O5/c21-12-9-25-10-13(22)17(12)27-18(28)11-2-3-15(32-20(23)24)16(8-11)30-6-1-5-26-14-4-7-31-19(14)29/h2-3,8-10,14,20,26H,1,4-7H2,(H,25,27,28)/t14-/m0/s1. The number of nitrogens with zero attached hydrogens (tertiary/aromatic N) is 1. The molecule has 2 N–H and O–H groups in total. The Kier molecular flexibility index (Phi) is 8.43. The molecule has 0 unspecified atom stereocenters. The molecule has 1 aromatic carbocycles. The number of anilines is 1. The Morgan fingerprint density at radius 1 is 1.25 bits per heavy atom. The van der Waals surface area contributed by atoms with E-state index in [4.69, 9.17) is 32.7 Å². The average Bonchev–Trinajstić information content (AvgIpc) is 3.15. The molecule has 1 aliphatic heterocycles. The second kappa shape index (κ2) is 11.3. The first kappa shape index (κ1) is 24.0. The van der Waals surface area contributed by atoms with Gasteiger partial charge in [0, 0.05) is 24.4 Å². The molecule has 32 heavy (non-hydrogen) atoms. The van der Waals surface area contributed by atoms with Gasteiger partial charge >= 0.3 is 12.6 Å². The van der Waals surface area contributed by atoms with E-state index in [1.54, 1.807) is 0 Å². The minimum atomic E-state index is -3.07. The maximum absolute atomic E-state index is 12.7. The Labute approximate surface area is 192 Å². The van der Waals surface area contributed by atoms with Crippen molar-refractivity contribution >= 4 is 40.8 Å². The van der Waals surface area contributed by atoms with Crippen LogP contribution in [0.1, 0.15) is 23.2 Å². The van der Waals surface area contributed by atoms with Crippen LogP contribution in [-0.4, -0.2) is 49.3 Å². The summed E-state index contributed by atoms with van der Waals surface area (Å²) in [4.78, 5) is 27.8. The number of esters is 1. The van der Waals surface area contributed by atoms with Gasteiger partial charge in [0.1, 0.15) is 6.04 Å². The summed E-state index contributed by atoms with van der Waals surface area (Å²) in [7, 11) is 0. The number of amides is 1. The van der Waals surface area contributed by atoms with Gasteiger partial charge in [0.05, 0.1) is 28.9 Å². The summed E-state index contributed by atoms with van der Waals surface area (Å²) < 4.78 is 40.4. The number of pyridine rings is 1. The Balaban J connectivity index is 1.64. The molecule has 2 heterocycles. The van der Waals surface area contributed by atoms with Gasteiger partial charge in [0.25, 0.3) is 5.91 Å². The van der Waals surface area contributed by atoms with Crippen molar-refractivity contribution in [3.63, 3.8) is 0 Å². The van der Waals surface area contributed by atoms with Crippen molar-refractivity contribution in [1.82, 2.24) is 10.3 Å². The highest BCUT2D eigenvalue weighted by Crippen LogP contribution is 2.32. The number of alkyl halides is 2. The number of nitrogens with one attached hydrogen (secondary N) is 2. The minimum absolute atomic E-state index is 0.0369. The fraction of sp³-hybridized carbons (Fsp3) is 0.350. The van der Waals surface area contributed by atoms with Gasteiger partial charge in [-0.15, -0.1) is 0 Å². The van der Waals surface area contributed by atoms with Crippen LogP contribution in [0.5, 0.6) is 11.5 Å². The van der Waals surface area contributed by atoms with E-state index in [1.165, 1.54) is 30.6 Å². The average molecular weight is 490 g/mol. The van der Waals surface area contributed by atoms with Gasteiger partial charge in [0.2, 0.25) is 0 Å². The van der Waals surface area contributed by atoms with E-state index < -0.39 is 12.5 Å². The lowest BCUT2D eigenvalue weighted by Gasteiger charge is -2.15. The van der Waals surface area contributed by atoms with Gasteiger partial charge in [-0.05, 0) is 31.2 Å². The largest absolute Gasteiger partial charge is 0.490 e. The second-order valence-electron chi connectivity index (χ2n) is 6.64. The SMILES string of the molecule is O=C(Nc1c(Cl)cncc1Cl)c1ccc(OC(F)F)c(OCCCN[C@H]2CCOC2=O)c1. The second-order valence-corrected chi connectivity index (χ2v) is 7.45. The van der Waals surface area contributed by atoms with Crippen molar-refractivity contribution in [2.75, 3.05) is 25.1 Å². The summed E-state index contributed by atoms with van der Waals surface area (Å²) >= 11 is 12.0. The quantitative estimate of drug-likeness (QED) is 0.385. The van der Waals surface area contributed by atoms with Gasteiger partial charge in [0.15, 0.2) is 11.5 Å². The Bertz CT molecular complexity index is 960. The van der Waals surface area contributed by atoms with Gasteiger partial charge < -0.3 is 24.8 Å². The van der Waals surface area contributed by atoms with Crippen LogP contribution in [0.15, 0.2) is 30.6 Å². The molecule has 0 spiro atoms. The molecule has 1 saturated heterocycles. The summed E-state index contributed by atoms with van der Waals surface area (Å²) in [5.41, 5.74) is 0.276. The monoisotopic (exact) mass is 489 g/mol. The fourth-order valence-electron chi connectivity index (χ4n) is 2.88. The minimum Gasteiger partial charge on any atom is -0.490 e. The summed E-state index contributed by atoms with van der Waals surface area (Å²) in [6.45, 7) is -2.11. The number of benzene rings is 1. The maximum atomic E-state index is 12.7. The van der Waals surface area contributed by atoms with Crippen molar-refractivity contribution in [1.29, 1.82) is 0 Å². The molecule has 3 rings (SSSR count). The molecule has 1 atom stereocenters. The Hall–Kier alpha value is -2.69. The molecular formula is C20H19Cl2F2N3O5. The topological polar surface area (TPSA) is 98.8 Å². The lowest BCUT2D eigenvalue weighted by molar-refractivity contribution is -0.139. The molecular weight excluding hydrogens is 471 g/mol. The first-order chi connectivity index (χ1) is 15.3.